The number of carbonyl (C=O) groups excluding carboxylic acids is 2. The lowest BCUT2D eigenvalue weighted by atomic mass is 10.0. The van der Waals surface area contributed by atoms with Crippen LogP contribution < -0.4 is 0 Å². The molecule has 0 radical (unpaired) electrons. The summed E-state index contributed by atoms with van der Waals surface area (Å²) in [5.74, 6) is -2.30. The van der Waals surface area contributed by atoms with Gasteiger partial charge in [0.15, 0.2) is 23.8 Å². The standard InChI is InChI=1S/C14H17ClO4.C13H16O4/c1-14(2)18-11(12(19-14)13(16)17-3)8-9-6-4-5-7-10(9)15;1-13(2)16-9-11(17-13)12(14)15-8-10-6-4-3-5-7-10/h4-7,11-12H,8H2,1-3H3;3-7,11H,8-9H2,1-2H3/t11-,12+;/m0./s1. The fraction of sp³-hybridized carbons (Fsp3) is 0.481. The van der Waals surface area contributed by atoms with Crippen molar-refractivity contribution in [1.29, 1.82) is 0 Å². The minimum Gasteiger partial charge on any atom is -0.467 e. The molecule has 36 heavy (non-hydrogen) atoms. The van der Waals surface area contributed by atoms with Crippen molar-refractivity contribution in [3.8, 4) is 0 Å². The van der Waals surface area contributed by atoms with Crippen LogP contribution in [0.5, 0.6) is 0 Å². The number of carbonyl (C=O) groups is 2. The lowest BCUT2D eigenvalue weighted by Crippen LogP contribution is -2.34. The molecule has 2 saturated heterocycles. The number of hydrogen-bond donors (Lipinski definition) is 0. The van der Waals surface area contributed by atoms with E-state index >= 15 is 0 Å². The maximum Gasteiger partial charge on any atom is 0.338 e. The molecule has 0 spiro atoms. The SMILES string of the molecule is CC1(C)OCC(C(=O)OCc2ccccc2)O1.COC(=O)[C@@H]1OC(C)(C)O[C@H]1Cc1ccccc1Cl. The predicted molar refractivity (Wildman–Crippen MR) is 132 cm³/mol. The summed E-state index contributed by atoms with van der Waals surface area (Å²) in [4.78, 5) is 23.4. The van der Waals surface area contributed by atoms with Crippen molar-refractivity contribution in [3.63, 3.8) is 0 Å². The third kappa shape index (κ3) is 8.01. The fourth-order valence-electron chi connectivity index (χ4n) is 3.81. The molecule has 2 heterocycles. The molecule has 2 aliphatic rings. The Morgan fingerprint density at radius 3 is 2.19 bits per heavy atom. The molecular formula is C27H33ClO8. The van der Waals surface area contributed by atoms with E-state index in [4.69, 9.17) is 40.0 Å². The number of halogens is 1. The third-order valence-corrected chi connectivity index (χ3v) is 5.86. The maximum absolute atomic E-state index is 11.7. The zero-order valence-corrected chi connectivity index (χ0v) is 21.9. The monoisotopic (exact) mass is 520 g/mol. The molecule has 2 aromatic carbocycles. The van der Waals surface area contributed by atoms with E-state index in [1.807, 2.05) is 54.6 Å². The van der Waals surface area contributed by atoms with Gasteiger partial charge in [0.25, 0.3) is 0 Å². The van der Waals surface area contributed by atoms with Gasteiger partial charge in [-0.2, -0.15) is 0 Å². The third-order valence-electron chi connectivity index (χ3n) is 5.49. The van der Waals surface area contributed by atoms with Crippen LogP contribution in [0.25, 0.3) is 0 Å². The van der Waals surface area contributed by atoms with Crippen LogP contribution in [0.15, 0.2) is 54.6 Å². The molecule has 2 aromatic rings. The summed E-state index contributed by atoms with van der Waals surface area (Å²) >= 11 is 6.12. The van der Waals surface area contributed by atoms with E-state index in [-0.39, 0.29) is 19.2 Å². The van der Waals surface area contributed by atoms with Crippen LogP contribution in [0.1, 0.15) is 38.8 Å². The summed E-state index contributed by atoms with van der Waals surface area (Å²) in [5.41, 5.74) is 1.88. The van der Waals surface area contributed by atoms with E-state index in [0.29, 0.717) is 11.4 Å². The van der Waals surface area contributed by atoms with Gasteiger partial charge < -0.3 is 28.4 Å². The van der Waals surface area contributed by atoms with E-state index < -0.39 is 35.9 Å². The molecule has 9 heteroatoms. The van der Waals surface area contributed by atoms with E-state index in [0.717, 1.165) is 11.1 Å². The first-order chi connectivity index (χ1) is 17.0. The number of hydrogen-bond acceptors (Lipinski definition) is 8. The van der Waals surface area contributed by atoms with Crippen molar-refractivity contribution < 1.29 is 38.0 Å². The number of ether oxygens (including phenoxy) is 6. The lowest BCUT2D eigenvalue weighted by Gasteiger charge is -2.17. The second-order valence-corrected chi connectivity index (χ2v) is 9.73. The summed E-state index contributed by atoms with van der Waals surface area (Å²) in [5, 5.41) is 0.652. The number of rotatable bonds is 6. The van der Waals surface area contributed by atoms with Crippen molar-refractivity contribution in [2.24, 2.45) is 0 Å². The molecule has 8 nitrogen and oxygen atoms in total. The topological polar surface area (TPSA) is 89.5 Å². The van der Waals surface area contributed by atoms with Gasteiger partial charge in [0, 0.05) is 11.4 Å². The summed E-state index contributed by atoms with van der Waals surface area (Å²) in [6, 6.07) is 17.0. The first-order valence-electron chi connectivity index (χ1n) is 11.7. The highest BCUT2D eigenvalue weighted by molar-refractivity contribution is 6.31. The van der Waals surface area contributed by atoms with E-state index in [1.54, 1.807) is 27.7 Å². The molecule has 0 saturated carbocycles. The van der Waals surface area contributed by atoms with Crippen molar-refractivity contribution in [2.45, 2.75) is 70.6 Å². The van der Waals surface area contributed by atoms with Crippen molar-refractivity contribution in [3.05, 3.63) is 70.7 Å². The van der Waals surface area contributed by atoms with Crippen LogP contribution in [0.3, 0.4) is 0 Å². The van der Waals surface area contributed by atoms with Gasteiger partial charge in [0.1, 0.15) is 12.7 Å². The van der Waals surface area contributed by atoms with Crippen LogP contribution in [-0.2, 0) is 51.0 Å². The van der Waals surface area contributed by atoms with Gasteiger partial charge in [-0.25, -0.2) is 9.59 Å². The number of methoxy groups -OCH3 is 1. The van der Waals surface area contributed by atoms with Crippen LogP contribution in [0.2, 0.25) is 5.02 Å². The van der Waals surface area contributed by atoms with Gasteiger partial charge >= 0.3 is 11.9 Å². The van der Waals surface area contributed by atoms with Gasteiger partial charge in [-0.1, -0.05) is 60.1 Å². The van der Waals surface area contributed by atoms with Crippen LogP contribution in [0, 0.1) is 0 Å². The molecule has 3 atom stereocenters. The summed E-state index contributed by atoms with van der Waals surface area (Å²) in [6.07, 6.45) is -1.24. The highest BCUT2D eigenvalue weighted by Crippen LogP contribution is 2.32. The minimum atomic E-state index is -0.801. The van der Waals surface area contributed by atoms with Gasteiger partial charge in [0.05, 0.1) is 13.7 Å². The summed E-state index contributed by atoms with van der Waals surface area (Å²) < 4.78 is 32.0. The van der Waals surface area contributed by atoms with Crippen molar-refractivity contribution >= 4 is 23.5 Å². The molecule has 196 valence electrons. The Balaban J connectivity index is 0.000000202. The Kier molecular flexibility index (Phi) is 9.49. The molecule has 0 aromatic heterocycles. The summed E-state index contributed by atoms with van der Waals surface area (Å²) in [6.45, 7) is 7.61. The molecule has 0 bridgehead atoms. The van der Waals surface area contributed by atoms with Crippen molar-refractivity contribution in [1.82, 2.24) is 0 Å². The Labute approximate surface area is 216 Å². The highest BCUT2D eigenvalue weighted by Gasteiger charge is 2.46. The molecule has 1 unspecified atom stereocenters. The first-order valence-corrected chi connectivity index (χ1v) is 12.1. The van der Waals surface area contributed by atoms with Crippen LogP contribution in [-0.4, -0.2) is 55.5 Å². The fourth-order valence-corrected chi connectivity index (χ4v) is 4.02. The van der Waals surface area contributed by atoms with Gasteiger partial charge in [-0.3, -0.25) is 0 Å². The Morgan fingerprint density at radius 2 is 1.58 bits per heavy atom. The zero-order valence-electron chi connectivity index (χ0n) is 21.2. The van der Waals surface area contributed by atoms with E-state index in [2.05, 4.69) is 0 Å². The predicted octanol–water partition coefficient (Wildman–Crippen LogP) is 4.46. The first kappa shape index (κ1) is 28.1. The molecule has 0 amide bonds. The highest BCUT2D eigenvalue weighted by atomic mass is 35.5. The average Bonchev–Trinajstić information content (AvgIpc) is 3.37. The number of esters is 2. The quantitative estimate of drug-likeness (QED) is 0.516. The van der Waals surface area contributed by atoms with E-state index in [1.165, 1.54) is 7.11 Å². The average molecular weight is 521 g/mol. The molecule has 2 fully saturated rings. The van der Waals surface area contributed by atoms with Crippen molar-refractivity contribution in [2.75, 3.05) is 13.7 Å². The largest absolute Gasteiger partial charge is 0.467 e. The Morgan fingerprint density at radius 1 is 0.917 bits per heavy atom. The van der Waals surface area contributed by atoms with Gasteiger partial charge in [-0.15, -0.1) is 0 Å². The molecular weight excluding hydrogens is 488 g/mol. The maximum atomic E-state index is 11.7. The smallest absolute Gasteiger partial charge is 0.338 e. The second-order valence-electron chi connectivity index (χ2n) is 9.32. The molecule has 2 aliphatic heterocycles. The van der Waals surface area contributed by atoms with E-state index in [9.17, 15) is 9.59 Å². The zero-order chi connectivity index (χ0) is 26.3. The molecule has 4 rings (SSSR count). The summed E-state index contributed by atoms with van der Waals surface area (Å²) in [7, 11) is 1.34. The second kappa shape index (κ2) is 12.2. The van der Waals surface area contributed by atoms with Crippen LogP contribution >= 0.6 is 11.6 Å². The minimum absolute atomic E-state index is 0.251. The molecule has 0 N–H and O–H groups in total. The van der Waals surface area contributed by atoms with Gasteiger partial charge in [-0.05, 0) is 44.9 Å². The normalized spacial score (nSPS) is 23.9. The number of benzene rings is 2. The Bertz CT molecular complexity index is 1020. The molecule has 0 aliphatic carbocycles. The van der Waals surface area contributed by atoms with Crippen LogP contribution in [0.4, 0.5) is 0 Å². The van der Waals surface area contributed by atoms with Gasteiger partial charge in [0.2, 0.25) is 0 Å². The lowest BCUT2D eigenvalue weighted by molar-refractivity contribution is -0.170. The Hall–Kier alpha value is -2.49.